The second-order valence-corrected chi connectivity index (χ2v) is 3.15. The molecule has 4 heteroatoms. The molecule has 1 unspecified atom stereocenters. The predicted octanol–water partition coefficient (Wildman–Crippen LogP) is 1.60. The Labute approximate surface area is 67.6 Å². The normalized spacial score (nSPS) is 13.0. The van der Waals surface area contributed by atoms with Crippen molar-refractivity contribution in [2.24, 2.45) is 5.73 Å². The van der Waals surface area contributed by atoms with Gasteiger partial charge in [-0.05, 0) is 11.4 Å². The molecule has 0 aliphatic heterocycles. The van der Waals surface area contributed by atoms with Crippen LogP contribution in [0.4, 0.5) is 0 Å². The minimum atomic E-state index is -0.563. The van der Waals surface area contributed by atoms with E-state index in [9.17, 15) is 4.79 Å². The first-order chi connectivity index (χ1) is 4.75. The smallest absolute Gasteiger partial charge is 0.142 e. The molecule has 0 fully saturated rings. The van der Waals surface area contributed by atoms with Gasteiger partial charge in [0.1, 0.15) is 6.29 Å². The van der Waals surface area contributed by atoms with Crippen molar-refractivity contribution in [1.29, 1.82) is 0 Å². The molecular weight excluding hydrogens is 170 g/mol. The lowest BCUT2D eigenvalue weighted by Gasteiger charge is -1.98. The zero-order valence-electron chi connectivity index (χ0n) is 5.08. The van der Waals surface area contributed by atoms with E-state index in [2.05, 4.69) is 0 Å². The number of carbonyl (C=O) groups excluding carboxylic acids is 1. The van der Waals surface area contributed by atoms with Crippen LogP contribution in [0.5, 0.6) is 0 Å². The Balaban J connectivity index is 2.92. The highest BCUT2D eigenvalue weighted by molar-refractivity contribution is 7.10. The number of halogens is 1. The van der Waals surface area contributed by atoms with Gasteiger partial charge in [0.2, 0.25) is 0 Å². The van der Waals surface area contributed by atoms with Crippen molar-refractivity contribution in [2.45, 2.75) is 6.04 Å². The van der Waals surface area contributed by atoms with E-state index in [-0.39, 0.29) is 0 Å². The number of hydrogen-bond acceptors (Lipinski definition) is 3. The highest BCUT2D eigenvalue weighted by Gasteiger charge is 2.08. The molecule has 0 aromatic carbocycles. The molecule has 0 amide bonds. The summed E-state index contributed by atoms with van der Waals surface area (Å²) in [6.07, 6.45) is 0.678. The van der Waals surface area contributed by atoms with Gasteiger partial charge in [0.25, 0.3) is 0 Å². The van der Waals surface area contributed by atoms with Crippen LogP contribution in [0.1, 0.15) is 10.9 Å². The third-order valence-corrected chi connectivity index (χ3v) is 2.55. The molecule has 1 heterocycles. The molecule has 10 heavy (non-hydrogen) atoms. The first-order valence-corrected chi connectivity index (χ1v) is 3.95. The topological polar surface area (TPSA) is 43.1 Å². The van der Waals surface area contributed by atoms with Gasteiger partial charge in [0, 0.05) is 4.88 Å². The number of nitrogens with two attached hydrogens (primary N) is 1. The van der Waals surface area contributed by atoms with Gasteiger partial charge >= 0.3 is 0 Å². The maximum atomic E-state index is 10.2. The summed E-state index contributed by atoms with van der Waals surface area (Å²) in [5.74, 6) is 0. The van der Waals surface area contributed by atoms with Crippen LogP contribution in [0, 0.1) is 0 Å². The summed E-state index contributed by atoms with van der Waals surface area (Å²) in [5, 5.41) is 2.38. The third kappa shape index (κ3) is 1.37. The molecular formula is C6H6ClNOS. The second-order valence-electron chi connectivity index (χ2n) is 1.79. The van der Waals surface area contributed by atoms with Crippen LogP contribution in [0.2, 0.25) is 5.02 Å². The van der Waals surface area contributed by atoms with E-state index in [0.29, 0.717) is 11.3 Å². The Morgan fingerprint density at radius 3 is 2.90 bits per heavy atom. The Morgan fingerprint density at radius 2 is 2.50 bits per heavy atom. The molecule has 54 valence electrons. The van der Waals surface area contributed by atoms with E-state index in [1.54, 1.807) is 11.4 Å². The summed E-state index contributed by atoms with van der Waals surface area (Å²) >= 11 is 7.08. The quantitative estimate of drug-likeness (QED) is 0.694. The fraction of sp³-hybridized carbons (Fsp3) is 0.167. The number of hydrogen-bond donors (Lipinski definition) is 1. The van der Waals surface area contributed by atoms with Crippen LogP contribution < -0.4 is 5.73 Å². The summed E-state index contributed by atoms with van der Waals surface area (Å²) in [7, 11) is 0. The summed E-state index contributed by atoms with van der Waals surface area (Å²) in [4.78, 5) is 10.9. The van der Waals surface area contributed by atoms with Crippen LogP contribution in [0.15, 0.2) is 11.4 Å². The van der Waals surface area contributed by atoms with Crippen LogP contribution in [0.3, 0.4) is 0 Å². The zero-order chi connectivity index (χ0) is 7.56. The molecule has 1 atom stereocenters. The number of aldehydes is 1. The molecule has 1 rings (SSSR count). The zero-order valence-corrected chi connectivity index (χ0v) is 6.65. The van der Waals surface area contributed by atoms with Crippen molar-refractivity contribution in [3.8, 4) is 0 Å². The average Bonchev–Trinajstić information content (AvgIpc) is 2.34. The maximum absolute atomic E-state index is 10.2. The SMILES string of the molecule is NC(C=O)c1sccc1Cl. The predicted molar refractivity (Wildman–Crippen MR) is 42.3 cm³/mol. The molecule has 2 N–H and O–H groups in total. The summed E-state index contributed by atoms with van der Waals surface area (Å²) in [6.45, 7) is 0. The Kier molecular flexibility index (Phi) is 2.43. The average molecular weight is 176 g/mol. The monoisotopic (exact) mass is 175 g/mol. The standard InChI is InChI=1S/C6H6ClNOS/c7-4-1-2-10-6(4)5(8)3-9/h1-3,5H,8H2. The van der Waals surface area contributed by atoms with Crippen molar-refractivity contribution in [3.63, 3.8) is 0 Å². The van der Waals surface area contributed by atoms with E-state index in [4.69, 9.17) is 17.3 Å². The number of thiophene rings is 1. The molecule has 0 saturated heterocycles. The molecule has 0 radical (unpaired) electrons. The van der Waals surface area contributed by atoms with E-state index in [1.807, 2.05) is 0 Å². The fourth-order valence-electron chi connectivity index (χ4n) is 0.605. The fourth-order valence-corrected chi connectivity index (χ4v) is 1.75. The van der Waals surface area contributed by atoms with Gasteiger partial charge in [-0.3, -0.25) is 0 Å². The van der Waals surface area contributed by atoms with E-state index in [0.717, 1.165) is 4.88 Å². The molecule has 0 spiro atoms. The van der Waals surface area contributed by atoms with Gasteiger partial charge in [0.15, 0.2) is 0 Å². The van der Waals surface area contributed by atoms with E-state index < -0.39 is 6.04 Å². The van der Waals surface area contributed by atoms with Crippen molar-refractivity contribution in [2.75, 3.05) is 0 Å². The summed E-state index contributed by atoms with van der Waals surface area (Å²) < 4.78 is 0. The van der Waals surface area contributed by atoms with E-state index >= 15 is 0 Å². The van der Waals surface area contributed by atoms with E-state index in [1.165, 1.54) is 11.3 Å². The van der Waals surface area contributed by atoms with Gasteiger partial charge in [0.05, 0.1) is 11.1 Å². The molecule has 1 aromatic rings. The van der Waals surface area contributed by atoms with Gasteiger partial charge in [-0.1, -0.05) is 11.6 Å². The summed E-state index contributed by atoms with van der Waals surface area (Å²) in [5.41, 5.74) is 5.40. The number of carbonyl (C=O) groups is 1. The second kappa shape index (κ2) is 3.14. The highest BCUT2D eigenvalue weighted by atomic mass is 35.5. The van der Waals surface area contributed by atoms with Crippen molar-refractivity contribution < 1.29 is 4.79 Å². The molecule has 0 bridgehead atoms. The Hall–Kier alpha value is -0.380. The lowest BCUT2D eigenvalue weighted by Crippen LogP contribution is -2.09. The lowest BCUT2D eigenvalue weighted by atomic mass is 10.3. The van der Waals surface area contributed by atoms with Gasteiger partial charge in [-0.25, -0.2) is 0 Å². The molecule has 2 nitrogen and oxygen atoms in total. The first-order valence-electron chi connectivity index (χ1n) is 2.69. The van der Waals surface area contributed by atoms with Crippen molar-refractivity contribution in [3.05, 3.63) is 21.3 Å². The Bertz CT molecular complexity index is 235. The molecule has 0 aliphatic carbocycles. The largest absolute Gasteiger partial charge is 0.317 e. The maximum Gasteiger partial charge on any atom is 0.142 e. The minimum Gasteiger partial charge on any atom is -0.317 e. The van der Waals surface area contributed by atoms with Crippen molar-refractivity contribution in [1.82, 2.24) is 0 Å². The molecule has 1 aromatic heterocycles. The van der Waals surface area contributed by atoms with Gasteiger partial charge < -0.3 is 10.5 Å². The highest BCUT2D eigenvalue weighted by Crippen LogP contribution is 2.25. The Morgan fingerprint density at radius 1 is 1.80 bits per heavy atom. The van der Waals surface area contributed by atoms with Gasteiger partial charge in [-0.2, -0.15) is 0 Å². The molecule has 0 saturated carbocycles. The summed E-state index contributed by atoms with van der Waals surface area (Å²) in [6, 6.07) is 1.16. The minimum absolute atomic E-state index is 0.563. The molecule has 0 aliphatic rings. The van der Waals surface area contributed by atoms with Crippen LogP contribution in [0.25, 0.3) is 0 Å². The first kappa shape index (κ1) is 7.72. The van der Waals surface area contributed by atoms with Crippen LogP contribution in [-0.4, -0.2) is 6.29 Å². The number of rotatable bonds is 2. The lowest BCUT2D eigenvalue weighted by molar-refractivity contribution is -0.108. The van der Waals surface area contributed by atoms with Crippen LogP contribution in [-0.2, 0) is 4.79 Å². The third-order valence-electron chi connectivity index (χ3n) is 1.09. The van der Waals surface area contributed by atoms with Crippen LogP contribution >= 0.6 is 22.9 Å². The van der Waals surface area contributed by atoms with Gasteiger partial charge in [-0.15, -0.1) is 11.3 Å². The van der Waals surface area contributed by atoms with Crippen molar-refractivity contribution >= 4 is 29.2 Å².